The molecule has 12 nitrogen and oxygen atoms in total. The summed E-state index contributed by atoms with van der Waals surface area (Å²) in [7, 11) is -9.89. The van der Waals surface area contributed by atoms with Gasteiger partial charge in [0.25, 0.3) is 0 Å². The predicted octanol–water partition coefficient (Wildman–Crippen LogP) is -12.3. The van der Waals surface area contributed by atoms with Crippen LogP contribution in [0.2, 0.25) is 0 Å². The Morgan fingerprint density at radius 2 is 0.647 bits per heavy atom. The van der Waals surface area contributed by atoms with E-state index in [0.717, 1.165) is 0 Å². The number of halogens is 2. The first-order valence-electron chi connectivity index (χ1n) is 2.55. The van der Waals surface area contributed by atoms with Crippen molar-refractivity contribution < 1.29 is 89.1 Å². The van der Waals surface area contributed by atoms with E-state index in [4.69, 9.17) is 48.7 Å². The summed E-state index contributed by atoms with van der Waals surface area (Å²) >= 11 is 0. The Morgan fingerprint density at radius 3 is 0.647 bits per heavy atom. The van der Waals surface area contributed by atoms with Crippen molar-refractivity contribution in [3.05, 3.63) is 0 Å². The monoisotopic (exact) mass is 400 g/mol. The van der Waals surface area contributed by atoms with Gasteiger partial charge >= 0.3 is 20.4 Å². The molecule has 0 aromatic heterocycles. The molecule has 0 saturated heterocycles. The van der Waals surface area contributed by atoms with Crippen molar-refractivity contribution >= 4 is 0 Å². The SMILES string of the molecule is NCCN.O.O.[O-][Cl+3]([O-])([O-])[O-].[O-][Cl+3]([O-])([O-])[O-].[Pd+2]. The average Bonchev–Trinajstić information content (AvgIpc) is 1.79. The standard InChI is InChI=1S/C2H8N2.2ClHO4.2H2O.Pd/c3-1-2-4;2*2-1(3,4)5;;;/h1-4H2;2*(H,2,3,4,5);2*1H2;/q;;;;;+2/p-2. The van der Waals surface area contributed by atoms with Gasteiger partial charge < -0.3 is 22.4 Å². The van der Waals surface area contributed by atoms with Crippen LogP contribution in [0, 0.1) is 20.5 Å². The number of hydrogen-bond acceptors (Lipinski definition) is 10. The van der Waals surface area contributed by atoms with Crippen LogP contribution in [0.25, 0.3) is 0 Å². The van der Waals surface area contributed by atoms with Gasteiger partial charge in [0.1, 0.15) is 0 Å². The minimum atomic E-state index is -4.94. The van der Waals surface area contributed by atoms with Crippen LogP contribution >= 0.6 is 0 Å². The predicted molar refractivity (Wildman–Crippen MR) is 25.3 cm³/mol. The smallest absolute Gasteiger partial charge is 0.412 e. The van der Waals surface area contributed by atoms with Gasteiger partial charge in [-0.15, -0.1) is 20.5 Å². The third kappa shape index (κ3) is 1180. The molecule has 0 aliphatic rings. The van der Waals surface area contributed by atoms with Gasteiger partial charge in [0.15, 0.2) is 0 Å². The third-order valence-corrected chi connectivity index (χ3v) is 0.167. The first-order chi connectivity index (χ1) is 5.91. The van der Waals surface area contributed by atoms with E-state index in [1.807, 2.05) is 0 Å². The zero-order chi connectivity index (χ0) is 12.4. The number of rotatable bonds is 1. The number of nitrogens with two attached hydrogens (primary N) is 2. The molecule has 0 saturated carbocycles. The second kappa shape index (κ2) is 19.1. The molecular weight excluding hydrogens is 389 g/mol. The van der Waals surface area contributed by atoms with E-state index in [1.54, 1.807) is 0 Å². The van der Waals surface area contributed by atoms with E-state index in [2.05, 4.69) is 0 Å². The van der Waals surface area contributed by atoms with Crippen molar-refractivity contribution in [1.82, 2.24) is 0 Å². The fraction of sp³-hybridized carbons (Fsp3) is 1.00. The Labute approximate surface area is 114 Å². The van der Waals surface area contributed by atoms with Crippen molar-refractivity contribution in [1.29, 1.82) is 0 Å². The molecule has 0 aliphatic heterocycles. The first kappa shape index (κ1) is 36.1. The van der Waals surface area contributed by atoms with Crippen molar-refractivity contribution in [2.75, 3.05) is 13.1 Å². The maximum Gasteiger partial charge on any atom is 2.00 e. The Balaban J connectivity index is -0.0000000247. The Morgan fingerprint density at radius 1 is 0.588 bits per heavy atom. The summed E-state index contributed by atoms with van der Waals surface area (Å²) in [5, 5.41) is 0. The van der Waals surface area contributed by atoms with Crippen molar-refractivity contribution in [3.63, 3.8) is 0 Å². The summed E-state index contributed by atoms with van der Waals surface area (Å²) < 4.78 is 67.9. The van der Waals surface area contributed by atoms with Gasteiger partial charge in [-0.25, -0.2) is 37.3 Å². The van der Waals surface area contributed by atoms with E-state index in [1.165, 1.54) is 0 Å². The van der Waals surface area contributed by atoms with Crippen LogP contribution in [0.1, 0.15) is 0 Å². The maximum atomic E-state index is 8.49. The van der Waals surface area contributed by atoms with Crippen molar-refractivity contribution in [2.24, 2.45) is 11.5 Å². The summed E-state index contributed by atoms with van der Waals surface area (Å²) in [6, 6.07) is 0. The quantitative estimate of drug-likeness (QED) is 0.390. The summed E-state index contributed by atoms with van der Waals surface area (Å²) in [6.07, 6.45) is 0. The van der Waals surface area contributed by atoms with E-state index >= 15 is 0 Å². The van der Waals surface area contributed by atoms with E-state index in [9.17, 15) is 0 Å². The van der Waals surface area contributed by atoms with Gasteiger partial charge in [-0.1, -0.05) is 0 Å². The van der Waals surface area contributed by atoms with Crippen LogP contribution in [0.5, 0.6) is 0 Å². The molecule has 0 amide bonds. The fourth-order valence-electron chi connectivity index (χ4n) is 0. The molecule has 0 atom stereocenters. The van der Waals surface area contributed by atoms with Crippen LogP contribution in [0.4, 0.5) is 0 Å². The molecule has 0 radical (unpaired) electrons. The van der Waals surface area contributed by atoms with Gasteiger partial charge in [0.05, 0.1) is 0 Å². The zero-order valence-electron chi connectivity index (χ0n) is 7.91. The topological polar surface area (TPSA) is 300 Å². The molecule has 8 N–H and O–H groups in total. The molecular formula is C2H12Cl2N2O10Pd. The molecule has 0 bridgehead atoms. The molecule has 0 aromatic rings. The maximum absolute atomic E-state index is 8.49. The molecule has 0 heterocycles. The largest absolute Gasteiger partial charge is 2.00 e. The van der Waals surface area contributed by atoms with Crippen LogP contribution in [0.3, 0.4) is 0 Å². The summed E-state index contributed by atoms with van der Waals surface area (Å²) in [5.41, 5.74) is 9.81. The molecule has 0 rings (SSSR count). The Kier molecular flexibility index (Phi) is 40.6. The molecule has 15 heteroatoms. The summed E-state index contributed by atoms with van der Waals surface area (Å²) in [5.74, 6) is 0. The van der Waals surface area contributed by atoms with Gasteiger partial charge in [-0.3, -0.25) is 0 Å². The normalized spacial score (nSPS) is 8.82. The average molecular weight is 401 g/mol. The summed E-state index contributed by atoms with van der Waals surface area (Å²) in [4.78, 5) is 0. The van der Waals surface area contributed by atoms with Crippen LogP contribution in [-0.4, -0.2) is 24.0 Å². The van der Waals surface area contributed by atoms with Crippen LogP contribution in [-0.2, 0) is 20.4 Å². The second-order valence-electron chi connectivity index (χ2n) is 1.33. The Bertz CT molecular complexity index is 91.9. The van der Waals surface area contributed by atoms with E-state index in [-0.39, 0.29) is 31.4 Å². The minimum Gasteiger partial charge on any atom is -0.412 e. The van der Waals surface area contributed by atoms with E-state index < -0.39 is 20.5 Å². The van der Waals surface area contributed by atoms with Gasteiger partial charge in [0.2, 0.25) is 0 Å². The van der Waals surface area contributed by atoms with Gasteiger partial charge in [-0.05, 0) is 0 Å². The second-order valence-corrected chi connectivity index (χ2v) is 2.85. The fourth-order valence-corrected chi connectivity index (χ4v) is 0. The van der Waals surface area contributed by atoms with E-state index in [0.29, 0.717) is 13.1 Å². The van der Waals surface area contributed by atoms with Crippen molar-refractivity contribution in [2.45, 2.75) is 0 Å². The van der Waals surface area contributed by atoms with Crippen molar-refractivity contribution in [3.8, 4) is 0 Å². The molecule has 0 fully saturated rings. The molecule has 0 unspecified atom stereocenters. The van der Waals surface area contributed by atoms with Crippen LogP contribution in [0.15, 0.2) is 0 Å². The van der Waals surface area contributed by atoms with Gasteiger partial charge in [-0.2, -0.15) is 0 Å². The van der Waals surface area contributed by atoms with Crippen LogP contribution < -0.4 is 48.7 Å². The number of hydrogen-bond donors (Lipinski definition) is 2. The minimum absolute atomic E-state index is 0. The first-order valence-corrected chi connectivity index (χ1v) is 5.02. The molecule has 0 aliphatic carbocycles. The molecule has 0 aromatic carbocycles. The molecule has 0 spiro atoms. The summed E-state index contributed by atoms with van der Waals surface area (Å²) in [6.45, 7) is 1.19. The van der Waals surface area contributed by atoms with Gasteiger partial charge in [0, 0.05) is 13.1 Å². The molecule has 17 heavy (non-hydrogen) atoms. The Hall–Kier alpha value is 0.762. The molecule has 114 valence electrons. The third-order valence-electron chi connectivity index (χ3n) is 0.167. The zero-order valence-corrected chi connectivity index (χ0v) is 11.0.